The van der Waals surface area contributed by atoms with Crippen LogP contribution in [0.3, 0.4) is 0 Å². The van der Waals surface area contributed by atoms with Crippen molar-refractivity contribution in [2.45, 2.75) is 20.0 Å². The summed E-state index contributed by atoms with van der Waals surface area (Å²) in [6.07, 6.45) is 3.11. The van der Waals surface area contributed by atoms with Crippen molar-refractivity contribution in [3.63, 3.8) is 0 Å². The van der Waals surface area contributed by atoms with Crippen molar-refractivity contribution in [3.05, 3.63) is 29.8 Å². The van der Waals surface area contributed by atoms with E-state index in [0.717, 1.165) is 5.56 Å². The van der Waals surface area contributed by atoms with E-state index in [1.54, 1.807) is 24.4 Å². The number of rotatable bonds is 4. The Morgan fingerprint density at radius 1 is 1.47 bits per heavy atom. The van der Waals surface area contributed by atoms with E-state index in [0.29, 0.717) is 5.69 Å². The smallest absolute Gasteiger partial charge is 0.240 e. The number of hydrogen-bond donors (Lipinski definition) is 0. The lowest BCUT2D eigenvalue weighted by molar-refractivity contribution is 0.0874. The number of carbonyl (C=O) groups excluding carboxylic acids is 1. The summed E-state index contributed by atoms with van der Waals surface area (Å²) in [5, 5.41) is 3.78. The number of hydrogen-bond acceptors (Lipinski definition) is 4. The van der Waals surface area contributed by atoms with Gasteiger partial charge >= 0.3 is 0 Å². The highest BCUT2D eigenvalue weighted by Gasteiger charge is 1.92. The Hall–Kier alpha value is -1.93. The summed E-state index contributed by atoms with van der Waals surface area (Å²) in [7, 11) is 0. The molecule has 0 aliphatic carbocycles. The lowest BCUT2D eigenvalue weighted by Gasteiger charge is -2.00. The maximum Gasteiger partial charge on any atom is 0.240 e. The summed E-state index contributed by atoms with van der Waals surface area (Å²) in [6, 6.07) is 7.06. The molecular weight excluding hydrogens is 192 g/mol. The lowest BCUT2D eigenvalue weighted by atomic mass is 10.2. The normalized spacial score (nSPS) is 10.3. The van der Waals surface area contributed by atoms with E-state index >= 15 is 0 Å². The summed E-state index contributed by atoms with van der Waals surface area (Å²) < 4.78 is 0. The SMILES string of the molecule is CC(C)ON=Cc1cccc(N=C=O)c1. The molecule has 4 nitrogen and oxygen atoms in total. The molecule has 0 N–H and O–H groups in total. The van der Waals surface area contributed by atoms with Gasteiger partial charge in [0.2, 0.25) is 6.08 Å². The molecule has 0 aromatic heterocycles. The second-order valence-corrected chi connectivity index (χ2v) is 3.19. The van der Waals surface area contributed by atoms with Gasteiger partial charge in [-0.25, -0.2) is 4.79 Å². The van der Waals surface area contributed by atoms with E-state index in [-0.39, 0.29) is 6.10 Å². The fourth-order valence-corrected chi connectivity index (χ4v) is 0.940. The second-order valence-electron chi connectivity index (χ2n) is 3.19. The summed E-state index contributed by atoms with van der Waals surface area (Å²) in [5.41, 5.74) is 1.38. The Bertz CT molecular complexity index is 393. The third kappa shape index (κ3) is 4.20. The van der Waals surface area contributed by atoms with Gasteiger partial charge in [-0.3, -0.25) is 0 Å². The highest BCUT2D eigenvalue weighted by Crippen LogP contribution is 2.11. The van der Waals surface area contributed by atoms with Crippen molar-refractivity contribution in [2.24, 2.45) is 10.1 Å². The molecule has 0 aliphatic rings. The summed E-state index contributed by atoms with van der Waals surface area (Å²) >= 11 is 0. The van der Waals surface area contributed by atoms with Crippen molar-refractivity contribution in [2.75, 3.05) is 0 Å². The molecule has 0 saturated carbocycles. The van der Waals surface area contributed by atoms with Gasteiger partial charge in [0.1, 0.15) is 6.10 Å². The van der Waals surface area contributed by atoms with Gasteiger partial charge in [0.05, 0.1) is 11.9 Å². The van der Waals surface area contributed by atoms with Gasteiger partial charge in [0.15, 0.2) is 0 Å². The maximum absolute atomic E-state index is 10.0. The van der Waals surface area contributed by atoms with Gasteiger partial charge < -0.3 is 4.84 Å². The van der Waals surface area contributed by atoms with Crippen LogP contribution in [0.5, 0.6) is 0 Å². The molecule has 1 aromatic carbocycles. The molecule has 0 radical (unpaired) electrons. The average Bonchev–Trinajstić information content (AvgIpc) is 2.18. The minimum absolute atomic E-state index is 0.0532. The Morgan fingerprint density at radius 2 is 2.27 bits per heavy atom. The number of benzene rings is 1. The van der Waals surface area contributed by atoms with Crippen molar-refractivity contribution in [1.82, 2.24) is 0 Å². The molecule has 4 heteroatoms. The molecule has 0 atom stereocenters. The molecule has 0 fully saturated rings. The number of nitrogens with zero attached hydrogens (tertiary/aromatic N) is 2. The van der Waals surface area contributed by atoms with E-state index in [4.69, 9.17) is 4.84 Å². The number of isocyanates is 1. The van der Waals surface area contributed by atoms with E-state index < -0.39 is 0 Å². The first kappa shape index (κ1) is 11.1. The molecule has 0 bridgehead atoms. The first-order valence-corrected chi connectivity index (χ1v) is 4.59. The van der Waals surface area contributed by atoms with Crippen LogP contribution in [0.25, 0.3) is 0 Å². The zero-order chi connectivity index (χ0) is 11.1. The van der Waals surface area contributed by atoms with Crippen LogP contribution in [-0.4, -0.2) is 18.4 Å². The predicted octanol–water partition coefficient (Wildman–Crippen LogP) is 2.41. The van der Waals surface area contributed by atoms with Gasteiger partial charge in [-0.05, 0) is 31.5 Å². The van der Waals surface area contributed by atoms with Crippen LogP contribution in [-0.2, 0) is 9.63 Å². The Morgan fingerprint density at radius 3 is 2.93 bits per heavy atom. The van der Waals surface area contributed by atoms with E-state index in [1.807, 2.05) is 19.9 Å². The number of oxime groups is 1. The van der Waals surface area contributed by atoms with Gasteiger partial charge in [-0.15, -0.1) is 0 Å². The highest BCUT2D eigenvalue weighted by atomic mass is 16.6. The van der Waals surface area contributed by atoms with Crippen LogP contribution in [0, 0.1) is 0 Å². The van der Waals surface area contributed by atoms with Gasteiger partial charge in [0, 0.05) is 0 Å². The zero-order valence-corrected chi connectivity index (χ0v) is 8.68. The van der Waals surface area contributed by atoms with Crippen molar-refractivity contribution in [3.8, 4) is 0 Å². The van der Waals surface area contributed by atoms with E-state index in [1.165, 1.54) is 6.08 Å². The van der Waals surface area contributed by atoms with Crippen molar-refractivity contribution in [1.29, 1.82) is 0 Å². The van der Waals surface area contributed by atoms with Crippen molar-refractivity contribution < 1.29 is 9.63 Å². The van der Waals surface area contributed by atoms with Crippen LogP contribution in [0.4, 0.5) is 5.69 Å². The molecule has 0 saturated heterocycles. The molecule has 0 heterocycles. The van der Waals surface area contributed by atoms with Gasteiger partial charge in [-0.1, -0.05) is 17.3 Å². The van der Waals surface area contributed by atoms with E-state index in [9.17, 15) is 4.79 Å². The van der Waals surface area contributed by atoms with Crippen LogP contribution < -0.4 is 0 Å². The molecule has 78 valence electrons. The van der Waals surface area contributed by atoms with Crippen molar-refractivity contribution >= 4 is 18.0 Å². The molecule has 0 unspecified atom stereocenters. The topological polar surface area (TPSA) is 51.0 Å². The van der Waals surface area contributed by atoms with E-state index in [2.05, 4.69) is 10.1 Å². The van der Waals surface area contributed by atoms with Crippen LogP contribution in [0.15, 0.2) is 34.4 Å². The maximum atomic E-state index is 10.0. The largest absolute Gasteiger partial charge is 0.393 e. The second kappa shape index (κ2) is 5.73. The molecule has 0 aliphatic heterocycles. The standard InChI is InChI=1S/C11H12N2O2/c1-9(2)15-13-7-10-4-3-5-11(6-10)12-8-14/h3-7,9H,1-2H3. The van der Waals surface area contributed by atoms with Crippen LogP contribution >= 0.6 is 0 Å². The first-order valence-electron chi connectivity index (χ1n) is 4.59. The average molecular weight is 204 g/mol. The molecule has 0 amide bonds. The minimum atomic E-state index is 0.0532. The Labute approximate surface area is 88.3 Å². The Balaban J connectivity index is 2.73. The highest BCUT2D eigenvalue weighted by molar-refractivity contribution is 5.80. The molecule has 15 heavy (non-hydrogen) atoms. The minimum Gasteiger partial charge on any atom is -0.393 e. The fourth-order valence-electron chi connectivity index (χ4n) is 0.940. The van der Waals surface area contributed by atoms with Gasteiger partial charge in [-0.2, -0.15) is 4.99 Å². The zero-order valence-electron chi connectivity index (χ0n) is 8.68. The van der Waals surface area contributed by atoms with Gasteiger partial charge in [0.25, 0.3) is 0 Å². The summed E-state index contributed by atoms with van der Waals surface area (Å²) in [5.74, 6) is 0. The molecule has 1 aromatic rings. The number of aliphatic imine (C=N–C) groups is 1. The summed E-state index contributed by atoms with van der Waals surface area (Å²) in [4.78, 5) is 18.5. The fraction of sp³-hybridized carbons (Fsp3) is 0.273. The molecular formula is C11H12N2O2. The monoisotopic (exact) mass is 204 g/mol. The quantitative estimate of drug-likeness (QED) is 0.429. The predicted molar refractivity (Wildman–Crippen MR) is 58.0 cm³/mol. The molecule has 0 spiro atoms. The first-order chi connectivity index (χ1) is 7.22. The third-order valence-electron chi connectivity index (χ3n) is 1.52. The van der Waals surface area contributed by atoms with Crippen LogP contribution in [0.2, 0.25) is 0 Å². The third-order valence-corrected chi connectivity index (χ3v) is 1.52. The summed E-state index contributed by atoms with van der Waals surface area (Å²) in [6.45, 7) is 3.79. The molecule has 1 rings (SSSR count). The lowest BCUT2D eigenvalue weighted by Crippen LogP contribution is -1.95. The Kier molecular flexibility index (Phi) is 4.26. The van der Waals surface area contributed by atoms with Crippen LogP contribution in [0.1, 0.15) is 19.4 Å².